The zero-order valence-corrected chi connectivity index (χ0v) is 39.1. The maximum atomic E-state index is 6.08. The van der Waals surface area contributed by atoms with Crippen LogP contribution in [-0.2, 0) is 34.7 Å². The molecule has 0 radical (unpaired) electrons. The van der Waals surface area contributed by atoms with Gasteiger partial charge in [-0.25, -0.2) is 0 Å². The van der Waals surface area contributed by atoms with Gasteiger partial charge in [-0.1, -0.05) is 162 Å². The van der Waals surface area contributed by atoms with Crippen LogP contribution in [0.5, 0.6) is 11.5 Å². The van der Waals surface area contributed by atoms with Crippen LogP contribution in [0.1, 0.15) is 142 Å². The van der Waals surface area contributed by atoms with Crippen LogP contribution in [0.25, 0.3) is 0 Å². The Labute approximate surface area is 344 Å². The van der Waals surface area contributed by atoms with Gasteiger partial charge in [-0.2, -0.15) is 0 Å². The van der Waals surface area contributed by atoms with Gasteiger partial charge in [0.05, 0.1) is 14.2 Å². The first-order valence-electron chi connectivity index (χ1n) is 20.8. The van der Waals surface area contributed by atoms with Crippen molar-refractivity contribution in [3.05, 3.63) is 106 Å². The second-order valence-corrected chi connectivity index (χ2v) is 22.8. The summed E-state index contributed by atoms with van der Waals surface area (Å²) in [4.78, 5) is 0. The predicted molar refractivity (Wildman–Crippen MR) is 249 cm³/mol. The average molecular weight is 795 g/mol. The molecule has 4 nitrogen and oxygen atoms in total. The monoisotopic (exact) mass is 795 g/mol. The van der Waals surface area contributed by atoms with E-state index in [4.69, 9.17) is 9.47 Å². The molecule has 0 heterocycles. The molecule has 1 saturated carbocycles. The van der Waals surface area contributed by atoms with Crippen molar-refractivity contribution in [1.29, 1.82) is 0 Å². The zero-order chi connectivity index (χ0) is 41.1. The Morgan fingerprint density at radius 2 is 0.804 bits per heavy atom. The van der Waals surface area contributed by atoms with Crippen LogP contribution < -0.4 is 41.3 Å². The van der Waals surface area contributed by atoms with E-state index in [1.807, 2.05) is 14.2 Å². The molecule has 0 amide bonds. The maximum absolute atomic E-state index is 6.08. The van der Waals surface area contributed by atoms with Gasteiger partial charge in [0, 0.05) is 47.4 Å². The van der Waals surface area contributed by atoms with Crippen molar-refractivity contribution >= 4 is 38.4 Å². The highest BCUT2D eigenvalue weighted by Crippen LogP contribution is 2.41. The van der Waals surface area contributed by atoms with Crippen molar-refractivity contribution < 1.29 is 9.47 Å². The highest BCUT2D eigenvalue weighted by Gasteiger charge is 2.30. The van der Waals surface area contributed by atoms with Gasteiger partial charge in [0.2, 0.25) is 0 Å². The minimum Gasteiger partial charge on any atom is -0.496 e. The molecule has 0 bridgehead atoms. The Bertz CT molecular complexity index is 1730. The molecule has 4 aromatic carbocycles. The molecular formula is C50H72N2O2P2. The van der Waals surface area contributed by atoms with Crippen LogP contribution >= 0.6 is 17.2 Å². The highest BCUT2D eigenvalue weighted by atomic mass is 31.1. The molecule has 2 unspecified atom stereocenters. The first kappa shape index (κ1) is 44.4. The molecular weight excluding hydrogens is 723 g/mol. The van der Waals surface area contributed by atoms with Crippen LogP contribution in [0.15, 0.2) is 72.8 Å². The van der Waals surface area contributed by atoms with E-state index in [0.717, 1.165) is 24.6 Å². The molecule has 0 spiro atoms. The number of rotatable bonds is 12. The smallest absolute Gasteiger partial charge is 0.126 e. The Hall–Kier alpha value is -2.74. The Kier molecular flexibility index (Phi) is 14.3. The number of methoxy groups -OCH3 is 2. The normalized spacial score (nSPS) is 17.3. The van der Waals surface area contributed by atoms with Crippen LogP contribution in [-0.4, -0.2) is 26.3 Å². The quantitative estimate of drug-likeness (QED) is 0.140. The third kappa shape index (κ3) is 11.0. The summed E-state index contributed by atoms with van der Waals surface area (Å²) in [5.41, 5.74) is 7.89. The molecule has 1 fully saturated rings. The summed E-state index contributed by atoms with van der Waals surface area (Å²) >= 11 is 0. The summed E-state index contributed by atoms with van der Waals surface area (Å²) in [6.07, 6.45) is 4.95. The second-order valence-electron chi connectivity index (χ2n) is 20.0. The third-order valence-electron chi connectivity index (χ3n) is 11.3. The second kappa shape index (κ2) is 18.0. The van der Waals surface area contributed by atoms with Gasteiger partial charge in [0.25, 0.3) is 0 Å². The summed E-state index contributed by atoms with van der Waals surface area (Å²) in [5.74, 6) is 2.08. The van der Waals surface area contributed by atoms with Crippen molar-refractivity contribution in [1.82, 2.24) is 10.6 Å². The van der Waals surface area contributed by atoms with Crippen molar-refractivity contribution in [3.8, 4) is 11.5 Å². The van der Waals surface area contributed by atoms with Gasteiger partial charge in [-0.05, 0) is 91.1 Å². The van der Waals surface area contributed by atoms with Gasteiger partial charge in [0.15, 0.2) is 0 Å². The molecule has 4 atom stereocenters. The van der Waals surface area contributed by atoms with E-state index in [9.17, 15) is 0 Å². The van der Waals surface area contributed by atoms with Crippen LogP contribution in [0.2, 0.25) is 0 Å². The van der Waals surface area contributed by atoms with Gasteiger partial charge >= 0.3 is 0 Å². The fraction of sp³-hybridized carbons (Fsp3) is 0.520. The van der Waals surface area contributed by atoms with Gasteiger partial charge in [-0.3, -0.25) is 0 Å². The van der Waals surface area contributed by atoms with Crippen molar-refractivity contribution in [2.45, 2.75) is 156 Å². The predicted octanol–water partition coefficient (Wildman–Crippen LogP) is 10.3. The van der Waals surface area contributed by atoms with E-state index in [0.29, 0.717) is 29.2 Å². The lowest BCUT2D eigenvalue weighted by atomic mass is 9.79. The molecule has 0 saturated heterocycles. The Balaban J connectivity index is 1.32. The molecule has 0 aliphatic heterocycles. The number of ether oxygens (including phenoxy) is 2. The summed E-state index contributed by atoms with van der Waals surface area (Å²) in [6.45, 7) is 29.3. The lowest BCUT2D eigenvalue weighted by Crippen LogP contribution is -2.49. The fourth-order valence-electron chi connectivity index (χ4n) is 8.08. The minimum absolute atomic E-state index is 0.0158. The molecule has 304 valence electrons. The van der Waals surface area contributed by atoms with Crippen LogP contribution in [0.3, 0.4) is 0 Å². The summed E-state index contributed by atoms with van der Waals surface area (Å²) in [5, 5.41) is 13.7. The van der Waals surface area contributed by atoms with Crippen molar-refractivity contribution in [2.24, 2.45) is 0 Å². The number of nitrogens with one attached hydrogen (secondary N) is 2. The summed E-state index contributed by atoms with van der Waals surface area (Å²) < 4.78 is 12.2. The SMILES string of the molecule is COc1c(C(C)(C)C)cc(Pc2ccccc2CN[C@@H]2CCCC[C@H]2NCc2ccccc2Pc2cc(C(C)(C)C)c(OC)c(C(C)(C)C)c2)cc1C(C)(C)C. The molecule has 5 rings (SSSR count). The standard InChI is InChI=1S/C50H72N2O2P2/c1-47(2,3)37-27-35(28-38(45(37)53-13)48(4,5)6)55-43-25-19-15-21-33(43)31-51-41-23-17-18-24-42(41)52-32-34-22-16-20-26-44(34)56-36-29-39(49(7,8)9)46(54-14)40(30-36)50(10,11)12/h15-16,19-22,25-30,41-42,51-52,55-56H,17-18,23-24,31-32H2,1-14H3/t41-,42-/m1/s1. The fourth-order valence-corrected chi connectivity index (χ4v) is 10.6. The topological polar surface area (TPSA) is 42.5 Å². The highest BCUT2D eigenvalue weighted by molar-refractivity contribution is 7.56. The van der Waals surface area contributed by atoms with Crippen molar-refractivity contribution in [2.75, 3.05) is 14.2 Å². The molecule has 4 aromatic rings. The van der Waals surface area contributed by atoms with E-state index in [1.165, 1.54) is 80.3 Å². The van der Waals surface area contributed by atoms with Crippen LogP contribution in [0.4, 0.5) is 0 Å². The first-order chi connectivity index (χ1) is 26.2. The Morgan fingerprint density at radius 1 is 0.500 bits per heavy atom. The lowest BCUT2D eigenvalue weighted by Gasteiger charge is -2.34. The Morgan fingerprint density at radius 3 is 1.09 bits per heavy atom. The van der Waals surface area contributed by atoms with E-state index in [-0.39, 0.29) is 21.7 Å². The molecule has 56 heavy (non-hydrogen) atoms. The average Bonchev–Trinajstić information content (AvgIpc) is 3.12. The van der Waals surface area contributed by atoms with Gasteiger partial charge in [-0.15, -0.1) is 0 Å². The van der Waals surface area contributed by atoms with Gasteiger partial charge in [0.1, 0.15) is 11.5 Å². The molecule has 2 N–H and O–H groups in total. The minimum atomic E-state index is -0.0158. The van der Waals surface area contributed by atoms with Gasteiger partial charge < -0.3 is 20.1 Å². The zero-order valence-electron chi connectivity index (χ0n) is 37.1. The molecule has 1 aliphatic rings. The first-order valence-corrected chi connectivity index (χ1v) is 22.8. The van der Waals surface area contributed by atoms with E-state index >= 15 is 0 Å². The number of hydrogen-bond donors (Lipinski definition) is 2. The maximum Gasteiger partial charge on any atom is 0.126 e. The molecule has 6 heteroatoms. The largest absolute Gasteiger partial charge is 0.496 e. The van der Waals surface area contributed by atoms with E-state index in [1.54, 1.807) is 0 Å². The summed E-state index contributed by atoms with van der Waals surface area (Å²) in [6, 6.07) is 28.6. The van der Waals surface area contributed by atoms with E-state index in [2.05, 4.69) is 167 Å². The lowest BCUT2D eigenvalue weighted by molar-refractivity contribution is 0.281. The van der Waals surface area contributed by atoms with E-state index < -0.39 is 0 Å². The molecule has 0 aromatic heterocycles. The summed E-state index contributed by atoms with van der Waals surface area (Å²) in [7, 11) is 4.80. The third-order valence-corrected chi connectivity index (χ3v) is 14.0. The number of benzene rings is 4. The number of hydrogen-bond acceptors (Lipinski definition) is 4. The van der Waals surface area contributed by atoms with Crippen molar-refractivity contribution in [3.63, 3.8) is 0 Å². The van der Waals surface area contributed by atoms with Crippen LogP contribution in [0, 0.1) is 0 Å². The molecule has 1 aliphatic carbocycles.